The molecule has 2 amide bonds. The van der Waals surface area contributed by atoms with E-state index in [1.54, 1.807) is 19.1 Å². The van der Waals surface area contributed by atoms with Crippen LogP contribution in [0.5, 0.6) is 0 Å². The molecule has 2 atom stereocenters. The Balaban J connectivity index is 1.65. The monoisotopic (exact) mass is 391 g/mol. The van der Waals surface area contributed by atoms with Gasteiger partial charge in [-0.25, -0.2) is 9.18 Å². The van der Waals surface area contributed by atoms with Gasteiger partial charge in [-0.15, -0.1) is 0 Å². The Morgan fingerprint density at radius 2 is 2.14 bits per heavy atom. The van der Waals surface area contributed by atoms with Gasteiger partial charge >= 0.3 is 6.09 Å². The number of carbonyl (C=O) groups is 2. The fourth-order valence-electron chi connectivity index (χ4n) is 3.56. The van der Waals surface area contributed by atoms with Gasteiger partial charge in [0.2, 0.25) is 5.91 Å². The lowest BCUT2D eigenvalue weighted by molar-refractivity contribution is -0.119. The van der Waals surface area contributed by atoms with Crippen molar-refractivity contribution in [2.75, 3.05) is 36.0 Å². The summed E-state index contributed by atoms with van der Waals surface area (Å²) >= 11 is 0. The van der Waals surface area contributed by atoms with Crippen molar-refractivity contribution in [3.05, 3.63) is 35.7 Å². The Hall–Kier alpha value is -2.61. The summed E-state index contributed by atoms with van der Waals surface area (Å²) in [4.78, 5) is 26.4. The van der Waals surface area contributed by atoms with Gasteiger partial charge in [0.15, 0.2) is 0 Å². The van der Waals surface area contributed by atoms with E-state index in [2.05, 4.69) is 5.32 Å². The average Bonchev–Trinajstić information content (AvgIpc) is 3.01. The summed E-state index contributed by atoms with van der Waals surface area (Å²) in [6.45, 7) is 4.97. The van der Waals surface area contributed by atoms with Crippen molar-refractivity contribution in [3.8, 4) is 0 Å². The summed E-state index contributed by atoms with van der Waals surface area (Å²) in [6, 6.07) is 4.74. The summed E-state index contributed by atoms with van der Waals surface area (Å²) in [7, 11) is 0. The normalized spacial score (nSPS) is 20.8. The second-order valence-electron chi connectivity index (χ2n) is 7.24. The molecule has 2 fully saturated rings. The van der Waals surface area contributed by atoms with Gasteiger partial charge in [0.05, 0.1) is 30.6 Å². The van der Waals surface area contributed by atoms with E-state index in [-0.39, 0.29) is 19.0 Å². The molecule has 0 saturated carbocycles. The van der Waals surface area contributed by atoms with Gasteiger partial charge < -0.3 is 20.1 Å². The highest BCUT2D eigenvalue weighted by Gasteiger charge is 2.33. The van der Waals surface area contributed by atoms with Gasteiger partial charge in [0.25, 0.3) is 0 Å². The average molecular weight is 391 g/mol. The molecule has 8 heteroatoms. The van der Waals surface area contributed by atoms with Gasteiger partial charge in [-0.3, -0.25) is 9.69 Å². The predicted molar refractivity (Wildman–Crippen MR) is 104 cm³/mol. The number of hydrogen-bond acceptors (Lipinski definition) is 5. The zero-order valence-corrected chi connectivity index (χ0v) is 16.2. The number of rotatable bonds is 5. The van der Waals surface area contributed by atoms with Crippen LogP contribution in [0.1, 0.15) is 26.7 Å². The molecule has 2 aliphatic rings. The minimum atomic E-state index is -0.548. The van der Waals surface area contributed by atoms with E-state index in [0.29, 0.717) is 24.5 Å². The molecular weight excluding hydrogens is 365 g/mol. The van der Waals surface area contributed by atoms with E-state index in [0.717, 1.165) is 12.8 Å². The standard InChI is InChI=1S/C20H26FN3O4/c1-13(25)9-15-5-7-23(8-6-15)19-4-3-16(10-18(19)21)24-12-17(28-20(24)27)11-22-14(2)26/h3-4,9-10,13,17,25H,5-8,11-12H2,1-2H3,(H,22,26)/t13?,17-/m0/s1. The lowest BCUT2D eigenvalue weighted by Gasteiger charge is -2.31. The van der Waals surface area contributed by atoms with Gasteiger partial charge in [-0.2, -0.15) is 0 Å². The number of anilines is 2. The van der Waals surface area contributed by atoms with Crippen LogP contribution in [-0.2, 0) is 9.53 Å². The second-order valence-corrected chi connectivity index (χ2v) is 7.24. The molecular formula is C20H26FN3O4. The van der Waals surface area contributed by atoms with Crippen molar-refractivity contribution in [2.45, 2.75) is 38.9 Å². The second kappa shape index (κ2) is 8.60. The summed E-state index contributed by atoms with van der Waals surface area (Å²) in [5, 5.41) is 12.1. The van der Waals surface area contributed by atoms with Gasteiger partial charge in [0.1, 0.15) is 11.9 Å². The van der Waals surface area contributed by atoms with Crippen molar-refractivity contribution >= 4 is 23.4 Å². The van der Waals surface area contributed by atoms with Crippen LogP contribution < -0.4 is 15.1 Å². The van der Waals surface area contributed by atoms with E-state index in [9.17, 15) is 19.1 Å². The molecule has 0 radical (unpaired) electrons. The number of aliphatic hydroxyl groups excluding tert-OH is 1. The lowest BCUT2D eigenvalue weighted by Crippen LogP contribution is -2.33. The van der Waals surface area contributed by atoms with Crippen LogP contribution in [0.2, 0.25) is 0 Å². The van der Waals surface area contributed by atoms with E-state index in [4.69, 9.17) is 4.74 Å². The van der Waals surface area contributed by atoms with Crippen LogP contribution in [0, 0.1) is 5.82 Å². The molecule has 28 heavy (non-hydrogen) atoms. The van der Waals surface area contributed by atoms with Crippen molar-refractivity contribution < 1.29 is 23.8 Å². The third-order valence-corrected chi connectivity index (χ3v) is 4.92. The zero-order chi connectivity index (χ0) is 20.3. The molecule has 2 aliphatic heterocycles. The SMILES string of the molecule is CC(=O)NC[C@H]1CN(c2ccc(N3CCC(=CC(C)O)CC3)c(F)c2)C(=O)O1. The number of ether oxygens (including phenoxy) is 1. The minimum absolute atomic E-state index is 0.196. The molecule has 2 heterocycles. The molecule has 152 valence electrons. The van der Waals surface area contributed by atoms with Gasteiger partial charge in [-0.1, -0.05) is 11.6 Å². The quantitative estimate of drug-likeness (QED) is 0.752. The van der Waals surface area contributed by atoms with Crippen LogP contribution in [0.3, 0.4) is 0 Å². The molecule has 0 spiro atoms. The fraction of sp³-hybridized carbons (Fsp3) is 0.500. The van der Waals surface area contributed by atoms with Crippen LogP contribution in [-0.4, -0.2) is 55.5 Å². The Labute approximate surface area is 163 Å². The fourth-order valence-corrected chi connectivity index (χ4v) is 3.56. The first-order valence-electron chi connectivity index (χ1n) is 9.48. The van der Waals surface area contributed by atoms with Gasteiger partial charge in [0, 0.05) is 20.0 Å². The number of nitrogens with zero attached hydrogens (tertiary/aromatic N) is 2. The largest absolute Gasteiger partial charge is 0.442 e. The van der Waals surface area contributed by atoms with Crippen LogP contribution in [0.15, 0.2) is 29.8 Å². The number of cyclic esters (lactones) is 1. The van der Waals surface area contributed by atoms with Crippen molar-refractivity contribution in [3.63, 3.8) is 0 Å². The Kier molecular flexibility index (Phi) is 6.18. The number of hydrogen-bond donors (Lipinski definition) is 2. The molecule has 0 bridgehead atoms. The molecule has 1 aromatic rings. The maximum absolute atomic E-state index is 14.7. The summed E-state index contributed by atoms with van der Waals surface area (Å²) < 4.78 is 20.0. The van der Waals surface area contributed by atoms with E-state index in [1.807, 2.05) is 11.0 Å². The number of benzene rings is 1. The molecule has 1 unspecified atom stereocenters. The number of carbonyl (C=O) groups excluding carboxylic acids is 2. The molecule has 2 N–H and O–H groups in total. The number of aliphatic hydroxyl groups is 1. The van der Waals surface area contributed by atoms with Crippen molar-refractivity contribution in [1.29, 1.82) is 0 Å². The summed E-state index contributed by atoms with van der Waals surface area (Å²) in [5.41, 5.74) is 2.12. The maximum atomic E-state index is 14.7. The highest BCUT2D eigenvalue weighted by atomic mass is 19.1. The van der Waals surface area contributed by atoms with Gasteiger partial charge in [-0.05, 0) is 38.0 Å². The summed E-state index contributed by atoms with van der Waals surface area (Å²) in [5.74, 6) is -0.587. The van der Waals surface area contributed by atoms with E-state index < -0.39 is 24.1 Å². The Morgan fingerprint density at radius 3 is 2.75 bits per heavy atom. The first-order chi connectivity index (χ1) is 13.3. The van der Waals surface area contributed by atoms with Crippen molar-refractivity contribution in [2.24, 2.45) is 0 Å². The minimum Gasteiger partial charge on any atom is -0.442 e. The number of amides is 2. The Morgan fingerprint density at radius 1 is 1.43 bits per heavy atom. The molecule has 0 aromatic heterocycles. The van der Waals surface area contributed by atoms with Crippen LogP contribution in [0.25, 0.3) is 0 Å². The number of halogens is 1. The first-order valence-corrected chi connectivity index (χ1v) is 9.48. The molecule has 1 aromatic carbocycles. The molecule has 2 saturated heterocycles. The zero-order valence-electron chi connectivity index (χ0n) is 16.2. The topological polar surface area (TPSA) is 82.1 Å². The van der Waals surface area contributed by atoms with E-state index >= 15 is 0 Å². The Bertz CT molecular complexity index is 771. The predicted octanol–water partition coefficient (Wildman–Crippen LogP) is 2.19. The third-order valence-electron chi connectivity index (χ3n) is 4.92. The molecule has 7 nitrogen and oxygen atoms in total. The smallest absolute Gasteiger partial charge is 0.414 e. The molecule has 3 rings (SSSR count). The third kappa shape index (κ3) is 4.81. The highest BCUT2D eigenvalue weighted by Crippen LogP contribution is 2.30. The number of nitrogens with one attached hydrogen (secondary N) is 1. The maximum Gasteiger partial charge on any atom is 0.414 e. The number of piperidine rings is 1. The highest BCUT2D eigenvalue weighted by molar-refractivity contribution is 5.90. The molecule has 0 aliphatic carbocycles. The van der Waals surface area contributed by atoms with E-state index in [1.165, 1.54) is 23.5 Å². The summed E-state index contributed by atoms with van der Waals surface area (Å²) in [6.07, 6.45) is 1.96. The van der Waals surface area contributed by atoms with Crippen LogP contribution >= 0.6 is 0 Å². The van der Waals surface area contributed by atoms with Crippen LogP contribution in [0.4, 0.5) is 20.6 Å². The first kappa shape index (κ1) is 20.1. The lowest BCUT2D eigenvalue weighted by atomic mass is 10.0. The van der Waals surface area contributed by atoms with Crippen molar-refractivity contribution in [1.82, 2.24) is 5.32 Å².